The second kappa shape index (κ2) is 6.49. The van der Waals surface area contributed by atoms with Crippen molar-refractivity contribution in [1.82, 2.24) is 4.98 Å². The Labute approximate surface area is 136 Å². The lowest BCUT2D eigenvalue weighted by atomic mass is 10.1. The highest BCUT2D eigenvalue weighted by Gasteiger charge is 2.30. The third-order valence-corrected chi connectivity index (χ3v) is 3.53. The Morgan fingerprint density at radius 1 is 0.958 bits per heavy atom. The summed E-state index contributed by atoms with van der Waals surface area (Å²) in [5, 5.41) is 9.37. The molecule has 1 N–H and O–H groups in total. The van der Waals surface area contributed by atoms with E-state index >= 15 is 0 Å². The average molecular weight is 333 g/mol. The lowest BCUT2D eigenvalue weighted by molar-refractivity contribution is -0.137. The first-order chi connectivity index (χ1) is 11.5. The van der Waals surface area contributed by atoms with Crippen LogP contribution in [0.5, 0.6) is 5.75 Å². The first kappa shape index (κ1) is 16.3. The van der Waals surface area contributed by atoms with E-state index in [0.717, 1.165) is 17.7 Å². The molecule has 124 valence electrons. The van der Waals surface area contributed by atoms with Gasteiger partial charge in [-0.1, -0.05) is 12.1 Å². The molecule has 0 unspecified atom stereocenters. The highest BCUT2D eigenvalue weighted by molar-refractivity contribution is 5.82. The molecule has 0 saturated carbocycles. The Balaban J connectivity index is 1.94. The van der Waals surface area contributed by atoms with Gasteiger partial charge in [0.15, 0.2) is 0 Å². The first-order valence-corrected chi connectivity index (χ1v) is 7.29. The van der Waals surface area contributed by atoms with Gasteiger partial charge >= 0.3 is 6.18 Å². The van der Waals surface area contributed by atoms with E-state index in [9.17, 15) is 13.2 Å². The van der Waals surface area contributed by atoms with Gasteiger partial charge < -0.3 is 9.84 Å². The number of rotatable bonds is 4. The van der Waals surface area contributed by atoms with Crippen LogP contribution in [0.15, 0.2) is 54.6 Å². The van der Waals surface area contributed by atoms with Crippen molar-refractivity contribution >= 4 is 10.9 Å². The van der Waals surface area contributed by atoms with Crippen LogP contribution in [0.3, 0.4) is 0 Å². The van der Waals surface area contributed by atoms with Gasteiger partial charge in [-0.3, -0.25) is 0 Å². The van der Waals surface area contributed by atoms with E-state index in [4.69, 9.17) is 9.84 Å². The predicted octanol–water partition coefficient (Wildman–Crippen LogP) is 4.29. The lowest BCUT2D eigenvalue weighted by Crippen LogP contribution is -2.04. The lowest BCUT2D eigenvalue weighted by Gasteiger charge is -2.09. The fourth-order valence-corrected chi connectivity index (χ4v) is 2.34. The van der Waals surface area contributed by atoms with E-state index in [1.165, 1.54) is 6.07 Å². The van der Waals surface area contributed by atoms with Crippen LogP contribution in [0.4, 0.5) is 13.2 Å². The molecule has 3 nitrogen and oxygen atoms in total. The molecule has 0 radical (unpaired) electrons. The number of pyridine rings is 1. The molecule has 0 spiro atoms. The van der Waals surface area contributed by atoms with Gasteiger partial charge in [-0.25, -0.2) is 4.98 Å². The van der Waals surface area contributed by atoms with E-state index in [1.54, 1.807) is 36.4 Å². The van der Waals surface area contributed by atoms with Crippen LogP contribution < -0.4 is 4.74 Å². The maximum absolute atomic E-state index is 12.8. The van der Waals surface area contributed by atoms with E-state index in [2.05, 4.69) is 4.98 Å². The van der Waals surface area contributed by atoms with Crippen LogP contribution in [-0.4, -0.2) is 23.3 Å². The first-order valence-electron chi connectivity index (χ1n) is 7.29. The molecular formula is C18H14F3NO2. The Morgan fingerprint density at radius 3 is 2.33 bits per heavy atom. The minimum Gasteiger partial charge on any atom is -0.491 e. The predicted molar refractivity (Wildman–Crippen MR) is 84.8 cm³/mol. The normalized spacial score (nSPS) is 11.7. The molecule has 0 aliphatic heterocycles. The fraction of sp³-hybridized carbons (Fsp3) is 0.167. The second-order valence-corrected chi connectivity index (χ2v) is 5.20. The topological polar surface area (TPSA) is 42.4 Å². The zero-order valence-electron chi connectivity index (χ0n) is 12.5. The van der Waals surface area contributed by atoms with E-state index in [0.29, 0.717) is 22.3 Å². The molecular weight excluding hydrogens is 319 g/mol. The summed E-state index contributed by atoms with van der Waals surface area (Å²) < 4.78 is 43.8. The minimum absolute atomic E-state index is 0.0739. The van der Waals surface area contributed by atoms with E-state index in [-0.39, 0.29) is 13.2 Å². The quantitative estimate of drug-likeness (QED) is 0.774. The minimum atomic E-state index is -4.39. The number of alkyl halides is 3. The van der Waals surface area contributed by atoms with Crippen LogP contribution in [0.25, 0.3) is 22.2 Å². The van der Waals surface area contributed by atoms with Crippen LogP contribution >= 0.6 is 0 Å². The molecule has 0 amide bonds. The summed E-state index contributed by atoms with van der Waals surface area (Å²) in [6.45, 7) is 0.128. The van der Waals surface area contributed by atoms with Gasteiger partial charge in [-0.2, -0.15) is 13.2 Å². The summed E-state index contributed by atoms with van der Waals surface area (Å²) in [6, 6.07) is 14.0. The maximum atomic E-state index is 12.8. The van der Waals surface area contributed by atoms with Gasteiger partial charge in [0.1, 0.15) is 12.4 Å². The van der Waals surface area contributed by atoms with E-state index < -0.39 is 11.7 Å². The van der Waals surface area contributed by atoms with Gasteiger partial charge in [-0.15, -0.1) is 0 Å². The standard InChI is InChI=1S/C18H14F3NO2/c19-18(20,21)14-5-1-13-4-8-16(22-17(13)11-14)12-2-6-15(7-3-12)24-10-9-23/h1-8,11,23H,9-10H2. The number of hydrogen-bond acceptors (Lipinski definition) is 3. The largest absolute Gasteiger partial charge is 0.491 e. The molecule has 24 heavy (non-hydrogen) atoms. The van der Waals surface area contributed by atoms with Gasteiger partial charge in [0.2, 0.25) is 0 Å². The highest BCUT2D eigenvalue weighted by Crippen LogP contribution is 2.31. The molecule has 0 bridgehead atoms. The molecule has 0 aliphatic rings. The molecule has 0 saturated heterocycles. The molecule has 0 fully saturated rings. The fourth-order valence-electron chi connectivity index (χ4n) is 2.34. The van der Waals surface area contributed by atoms with E-state index in [1.807, 2.05) is 0 Å². The number of halogens is 3. The van der Waals surface area contributed by atoms with Crippen LogP contribution in [0.2, 0.25) is 0 Å². The summed E-state index contributed by atoms with van der Waals surface area (Å²) >= 11 is 0. The third kappa shape index (κ3) is 3.49. The Hall–Kier alpha value is -2.60. The number of ether oxygens (including phenoxy) is 1. The smallest absolute Gasteiger partial charge is 0.416 e. The Kier molecular flexibility index (Phi) is 4.40. The Morgan fingerprint density at radius 2 is 1.67 bits per heavy atom. The van der Waals surface area contributed by atoms with Gasteiger partial charge in [0, 0.05) is 10.9 Å². The number of hydrogen-bond donors (Lipinski definition) is 1. The van der Waals surface area contributed by atoms with Crippen molar-refractivity contribution in [1.29, 1.82) is 0 Å². The second-order valence-electron chi connectivity index (χ2n) is 5.20. The van der Waals surface area contributed by atoms with Gasteiger partial charge in [0.25, 0.3) is 0 Å². The molecule has 0 aliphatic carbocycles. The molecule has 3 rings (SSSR count). The van der Waals surface area contributed by atoms with Crippen molar-refractivity contribution in [3.05, 3.63) is 60.2 Å². The maximum Gasteiger partial charge on any atom is 0.416 e. The van der Waals surface area contributed by atoms with Crippen molar-refractivity contribution in [3.63, 3.8) is 0 Å². The highest BCUT2D eigenvalue weighted by atomic mass is 19.4. The number of aliphatic hydroxyl groups is 1. The summed E-state index contributed by atoms with van der Waals surface area (Å²) in [6.07, 6.45) is -4.39. The monoisotopic (exact) mass is 333 g/mol. The summed E-state index contributed by atoms with van der Waals surface area (Å²) in [5.74, 6) is 0.605. The number of aliphatic hydroxyl groups excluding tert-OH is 1. The third-order valence-electron chi connectivity index (χ3n) is 3.53. The zero-order valence-corrected chi connectivity index (χ0v) is 12.5. The van der Waals surface area contributed by atoms with Crippen molar-refractivity contribution in [3.8, 4) is 17.0 Å². The number of benzene rings is 2. The van der Waals surface area contributed by atoms with Crippen LogP contribution in [0, 0.1) is 0 Å². The van der Waals surface area contributed by atoms with Gasteiger partial charge in [-0.05, 0) is 42.5 Å². The van der Waals surface area contributed by atoms with Crippen molar-refractivity contribution < 1.29 is 23.0 Å². The average Bonchev–Trinajstić information content (AvgIpc) is 2.58. The molecule has 2 aromatic carbocycles. The van der Waals surface area contributed by atoms with Gasteiger partial charge in [0.05, 0.1) is 23.4 Å². The molecule has 6 heteroatoms. The Bertz CT molecular complexity index is 845. The van der Waals surface area contributed by atoms with Crippen LogP contribution in [-0.2, 0) is 6.18 Å². The van der Waals surface area contributed by atoms with Crippen LogP contribution in [0.1, 0.15) is 5.56 Å². The van der Waals surface area contributed by atoms with Crippen molar-refractivity contribution in [2.45, 2.75) is 6.18 Å². The summed E-state index contributed by atoms with van der Waals surface area (Å²) in [4.78, 5) is 4.33. The van der Waals surface area contributed by atoms with Crippen molar-refractivity contribution in [2.24, 2.45) is 0 Å². The molecule has 1 heterocycles. The molecule has 1 aromatic heterocycles. The van der Waals surface area contributed by atoms with Crippen molar-refractivity contribution in [2.75, 3.05) is 13.2 Å². The molecule has 3 aromatic rings. The zero-order chi connectivity index (χ0) is 17.2. The number of aromatic nitrogens is 1. The molecule has 0 atom stereocenters. The summed E-state index contributed by atoms with van der Waals surface area (Å²) in [7, 11) is 0. The number of nitrogens with zero attached hydrogens (tertiary/aromatic N) is 1. The SMILES string of the molecule is OCCOc1ccc(-c2ccc3ccc(C(F)(F)F)cc3n2)cc1. The summed E-state index contributed by atoms with van der Waals surface area (Å²) in [5.41, 5.74) is 0.927. The number of fused-ring (bicyclic) bond motifs is 1.